The second-order valence-corrected chi connectivity index (χ2v) is 6.56. The number of imidazole rings is 1. The molecule has 2 N–H and O–H groups in total. The molecule has 3 aromatic rings. The molecule has 0 aliphatic rings. The zero-order valence-electron chi connectivity index (χ0n) is 13.0. The fourth-order valence-corrected chi connectivity index (χ4v) is 3.00. The summed E-state index contributed by atoms with van der Waals surface area (Å²) in [6.07, 6.45) is 0. The van der Waals surface area contributed by atoms with E-state index in [4.69, 9.17) is 0 Å². The highest BCUT2D eigenvalue weighted by Crippen LogP contribution is 2.26. The van der Waals surface area contributed by atoms with E-state index in [-0.39, 0.29) is 11.6 Å². The molecular weight excluding hydrogens is 347 g/mol. The number of para-hydroxylation sites is 2. The lowest BCUT2D eigenvalue weighted by Gasteiger charge is -2.10. The summed E-state index contributed by atoms with van der Waals surface area (Å²) in [6, 6.07) is 10.7. The number of halogens is 1. The Hall–Kier alpha value is -2.94. The number of rotatable bonds is 5. The van der Waals surface area contributed by atoms with Crippen molar-refractivity contribution >= 4 is 40.1 Å². The highest BCUT2D eigenvalue weighted by Gasteiger charge is 2.19. The molecular formula is C16H13FN4O3S. The highest BCUT2D eigenvalue weighted by atomic mass is 32.2. The maximum absolute atomic E-state index is 13.3. The van der Waals surface area contributed by atoms with E-state index in [1.807, 2.05) is 24.3 Å². The van der Waals surface area contributed by atoms with Crippen molar-refractivity contribution in [3.8, 4) is 0 Å². The topological polar surface area (TPSA) is 101 Å². The fourth-order valence-electron chi connectivity index (χ4n) is 2.18. The monoisotopic (exact) mass is 360 g/mol. The van der Waals surface area contributed by atoms with Crippen LogP contribution >= 0.6 is 11.8 Å². The molecule has 0 radical (unpaired) electrons. The third kappa shape index (κ3) is 3.77. The van der Waals surface area contributed by atoms with Gasteiger partial charge in [0.05, 0.1) is 21.2 Å². The van der Waals surface area contributed by atoms with Crippen LogP contribution in [0.25, 0.3) is 11.0 Å². The van der Waals surface area contributed by atoms with Crippen molar-refractivity contribution in [2.75, 3.05) is 5.32 Å². The largest absolute Gasteiger partial charge is 0.333 e. The van der Waals surface area contributed by atoms with Gasteiger partial charge in [0.1, 0.15) is 0 Å². The SMILES string of the molecule is C[C@@H](Sc1nc2ccccc2[nH]1)C(=O)Nc1ccc(F)c([N+](=O)[O-])c1. The molecule has 0 unspecified atom stereocenters. The number of amides is 1. The van der Waals surface area contributed by atoms with E-state index in [0.717, 1.165) is 23.2 Å². The summed E-state index contributed by atoms with van der Waals surface area (Å²) >= 11 is 1.22. The maximum Gasteiger partial charge on any atom is 0.306 e. The van der Waals surface area contributed by atoms with Crippen LogP contribution in [0, 0.1) is 15.9 Å². The van der Waals surface area contributed by atoms with Crippen LogP contribution in [-0.2, 0) is 4.79 Å². The summed E-state index contributed by atoms with van der Waals surface area (Å²) in [7, 11) is 0. The number of hydrogen-bond acceptors (Lipinski definition) is 5. The van der Waals surface area contributed by atoms with Gasteiger partial charge in [-0.3, -0.25) is 14.9 Å². The number of carbonyl (C=O) groups is 1. The predicted molar refractivity (Wildman–Crippen MR) is 93.1 cm³/mol. The standard InChI is InChI=1S/C16H13FN4O3S/c1-9(25-16-19-12-4-2-3-5-13(12)20-16)15(22)18-10-6-7-11(17)14(8-10)21(23)24/h2-9H,1H3,(H,18,22)(H,19,20)/t9-/m1/s1. The van der Waals surface area contributed by atoms with Gasteiger partial charge in [0.15, 0.2) is 5.16 Å². The number of hydrogen-bond donors (Lipinski definition) is 2. The number of aromatic amines is 1. The van der Waals surface area contributed by atoms with Crippen molar-refractivity contribution < 1.29 is 14.1 Å². The molecule has 0 saturated carbocycles. The van der Waals surface area contributed by atoms with E-state index in [9.17, 15) is 19.3 Å². The van der Waals surface area contributed by atoms with Gasteiger partial charge in [0.2, 0.25) is 11.7 Å². The minimum Gasteiger partial charge on any atom is -0.333 e. The molecule has 3 rings (SSSR count). The summed E-state index contributed by atoms with van der Waals surface area (Å²) in [5.74, 6) is -1.32. The molecule has 1 heterocycles. The van der Waals surface area contributed by atoms with Gasteiger partial charge in [0.25, 0.3) is 0 Å². The van der Waals surface area contributed by atoms with Crippen molar-refractivity contribution in [3.63, 3.8) is 0 Å². The Morgan fingerprint density at radius 3 is 2.84 bits per heavy atom. The van der Waals surface area contributed by atoms with Crippen LogP contribution in [0.3, 0.4) is 0 Å². The van der Waals surface area contributed by atoms with E-state index in [0.29, 0.717) is 5.16 Å². The molecule has 1 amide bonds. The Labute approximate surface area is 145 Å². The van der Waals surface area contributed by atoms with E-state index in [1.165, 1.54) is 17.8 Å². The number of fused-ring (bicyclic) bond motifs is 1. The molecule has 1 atom stereocenters. The third-order valence-electron chi connectivity index (χ3n) is 3.44. The molecule has 9 heteroatoms. The Morgan fingerprint density at radius 1 is 1.36 bits per heavy atom. The van der Waals surface area contributed by atoms with Gasteiger partial charge in [-0.2, -0.15) is 4.39 Å². The van der Waals surface area contributed by atoms with E-state index in [1.54, 1.807) is 6.92 Å². The molecule has 1 aromatic heterocycles. The lowest BCUT2D eigenvalue weighted by molar-refractivity contribution is -0.387. The second-order valence-electron chi connectivity index (χ2n) is 5.23. The Bertz CT molecular complexity index is 926. The van der Waals surface area contributed by atoms with Crippen LogP contribution in [0.15, 0.2) is 47.6 Å². The Balaban J connectivity index is 1.70. The Morgan fingerprint density at radius 2 is 2.12 bits per heavy atom. The third-order valence-corrected chi connectivity index (χ3v) is 4.42. The van der Waals surface area contributed by atoms with Crippen molar-refractivity contribution in [1.82, 2.24) is 9.97 Å². The highest BCUT2D eigenvalue weighted by molar-refractivity contribution is 8.00. The molecule has 128 valence electrons. The summed E-state index contributed by atoms with van der Waals surface area (Å²) < 4.78 is 13.3. The number of nitrogens with one attached hydrogen (secondary N) is 2. The molecule has 0 spiro atoms. The van der Waals surface area contributed by atoms with Crippen LogP contribution in [0.2, 0.25) is 0 Å². The van der Waals surface area contributed by atoms with E-state index >= 15 is 0 Å². The van der Waals surface area contributed by atoms with Crippen LogP contribution in [-0.4, -0.2) is 26.0 Å². The number of carbonyl (C=O) groups excluding carboxylic acids is 1. The smallest absolute Gasteiger partial charge is 0.306 e. The van der Waals surface area contributed by atoms with Gasteiger partial charge in [-0.05, 0) is 31.2 Å². The van der Waals surface area contributed by atoms with Gasteiger partial charge in [-0.1, -0.05) is 23.9 Å². The second kappa shape index (κ2) is 6.89. The molecule has 0 fully saturated rings. The van der Waals surface area contributed by atoms with Crippen molar-refractivity contribution in [3.05, 3.63) is 58.4 Å². The molecule has 0 saturated heterocycles. The van der Waals surface area contributed by atoms with E-state index in [2.05, 4.69) is 15.3 Å². The van der Waals surface area contributed by atoms with Crippen molar-refractivity contribution in [2.45, 2.75) is 17.3 Å². The zero-order chi connectivity index (χ0) is 18.0. The molecule has 0 bridgehead atoms. The quantitative estimate of drug-likeness (QED) is 0.410. The number of aromatic nitrogens is 2. The summed E-state index contributed by atoms with van der Waals surface area (Å²) in [5.41, 5.74) is 1.14. The van der Waals surface area contributed by atoms with Gasteiger partial charge >= 0.3 is 5.69 Å². The van der Waals surface area contributed by atoms with Gasteiger partial charge in [-0.15, -0.1) is 0 Å². The number of nitro benzene ring substituents is 1. The number of thioether (sulfide) groups is 1. The minimum absolute atomic E-state index is 0.162. The molecule has 0 aliphatic carbocycles. The van der Waals surface area contributed by atoms with Crippen molar-refractivity contribution in [1.29, 1.82) is 0 Å². The number of nitro groups is 1. The molecule has 7 nitrogen and oxygen atoms in total. The van der Waals surface area contributed by atoms with E-state index < -0.39 is 21.7 Å². The summed E-state index contributed by atoms with van der Waals surface area (Å²) in [6.45, 7) is 1.69. The van der Waals surface area contributed by atoms with Gasteiger partial charge < -0.3 is 10.3 Å². The number of benzene rings is 2. The lowest BCUT2D eigenvalue weighted by Crippen LogP contribution is -2.22. The van der Waals surface area contributed by atoms with Crippen LogP contribution in [0.4, 0.5) is 15.8 Å². The molecule has 0 aliphatic heterocycles. The molecule has 2 aromatic carbocycles. The average molecular weight is 360 g/mol. The number of anilines is 1. The first kappa shape index (κ1) is 16.9. The van der Waals surface area contributed by atoms with Gasteiger partial charge in [0, 0.05) is 11.8 Å². The Kier molecular flexibility index (Phi) is 4.66. The summed E-state index contributed by atoms with van der Waals surface area (Å²) in [4.78, 5) is 29.7. The first-order chi connectivity index (χ1) is 11.9. The fraction of sp³-hybridized carbons (Fsp3) is 0.125. The van der Waals surface area contributed by atoms with Crippen LogP contribution in [0.5, 0.6) is 0 Å². The molecule has 25 heavy (non-hydrogen) atoms. The van der Waals surface area contributed by atoms with Crippen LogP contribution < -0.4 is 5.32 Å². The maximum atomic E-state index is 13.3. The summed E-state index contributed by atoms with van der Waals surface area (Å²) in [5, 5.41) is 13.4. The van der Waals surface area contributed by atoms with Crippen molar-refractivity contribution in [2.24, 2.45) is 0 Å². The lowest BCUT2D eigenvalue weighted by atomic mass is 10.2. The normalized spacial score (nSPS) is 12.1. The van der Waals surface area contributed by atoms with Gasteiger partial charge in [-0.25, -0.2) is 4.98 Å². The predicted octanol–water partition coefficient (Wildman–Crippen LogP) is 3.73. The number of nitrogens with zero attached hydrogens (tertiary/aromatic N) is 2. The first-order valence-electron chi connectivity index (χ1n) is 7.30. The van der Waals surface area contributed by atoms with Crippen LogP contribution in [0.1, 0.15) is 6.92 Å². The minimum atomic E-state index is -0.951. The number of H-pyrrole nitrogens is 1. The first-order valence-corrected chi connectivity index (χ1v) is 8.18. The zero-order valence-corrected chi connectivity index (χ0v) is 13.8. The average Bonchev–Trinajstić information content (AvgIpc) is 2.98.